The highest BCUT2D eigenvalue weighted by molar-refractivity contribution is 5.96. The van der Waals surface area contributed by atoms with Crippen LogP contribution in [0.3, 0.4) is 0 Å². The van der Waals surface area contributed by atoms with Crippen molar-refractivity contribution in [1.29, 1.82) is 0 Å². The molecule has 156 valence electrons. The highest BCUT2D eigenvalue weighted by Gasteiger charge is 2.29. The molecule has 1 aromatic heterocycles. The maximum Gasteiger partial charge on any atom is 0.252 e. The third-order valence-electron chi connectivity index (χ3n) is 6.04. The summed E-state index contributed by atoms with van der Waals surface area (Å²) < 4.78 is 1.81. The number of carbonyl (C=O) groups excluding carboxylic acids is 1. The van der Waals surface area contributed by atoms with Crippen LogP contribution in [0.15, 0.2) is 60.8 Å². The predicted molar refractivity (Wildman–Crippen MR) is 118 cm³/mol. The first-order valence-corrected chi connectivity index (χ1v) is 10.9. The van der Waals surface area contributed by atoms with Crippen molar-refractivity contribution in [3.05, 3.63) is 83.2 Å². The predicted octanol–water partition coefficient (Wildman–Crippen LogP) is 5.04. The summed E-state index contributed by atoms with van der Waals surface area (Å²) in [6, 6.07) is 18.2. The zero-order valence-electron chi connectivity index (χ0n) is 17.8. The fraction of sp³-hybridized carbons (Fsp3) is 0.400. The highest BCUT2D eigenvalue weighted by atomic mass is 16.1. The monoisotopic (exact) mass is 402 g/mol. The minimum Gasteiger partial charge on any atom is -0.341 e. The van der Waals surface area contributed by atoms with Gasteiger partial charge in [0.1, 0.15) is 5.69 Å². The second-order valence-corrected chi connectivity index (χ2v) is 8.79. The van der Waals surface area contributed by atoms with Crippen LogP contribution < -0.4 is 5.32 Å². The molecule has 0 unspecified atom stereocenters. The lowest BCUT2D eigenvalue weighted by atomic mass is 9.82. The molecule has 0 atom stereocenters. The lowest BCUT2D eigenvalue weighted by Crippen LogP contribution is -2.41. The Kier molecular flexibility index (Phi) is 5.98. The molecule has 0 saturated heterocycles. The summed E-state index contributed by atoms with van der Waals surface area (Å²) in [6.07, 6.45) is 8.05. The molecule has 1 N–H and O–H groups in total. The first-order valence-electron chi connectivity index (χ1n) is 10.9. The number of benzene rings is 2. The van der Waals surface area contributed by atoms with Crippen molar-refractivity contribution in [1.82, 2.24) is 20.3 Å². The molecular weight excluding hydrogens is 372 g/mol. The van der Waals surface area contributed by atoms with E-state index in [1.165, 1.54) is 37.7 Å². The molecule has 4 rings (SSSR count). The maximum absolute atomic E-state index is 13.2. The molecule has 1 aliphatic rings. The van der Waals surface area contributed by atoms with Crippen molar-refractivity contribution in [2.45, 2.75) is 64.0 Å². The van der Waals surface area contributed by atoms with Gasteiger partial charge in [-0.25, -0.2) is 4.68 Å². The molecule has 1 fully saturated rings. The van der Waals surface area contributed by atoms with E-state index in [0.717, 1.165) is 16.8 Å². The third-order valence-corrected chi connectivity index (χ3v) is 6.04. The van der Waals surface area contributed by atoms with E-state index in [0.29, 0.717) is 12.5 Å². The van der Waals surface area contributed by atoms with Crippen LogP contribution in [0.25, 0.3) is 0 Å². The van der Waals surface area contributed by atoms with Crippen LogP contribution in [-0.2, 0) is 12.1 Å². The van der Waals surface area contributed by atoms with Crippen LogP contribution >= 0.6 is 0 Å². The van der Waals surface area contributed by atoms with Crippen molar-refractivity contribution >= 4 is 5.91 Å². The van der Waals surface area contributed by atoms with Gasteiger partial charge in [-0.2, -0.15) is 0 Å². The average Bonchev–Trinajstić information content (AvgIpc) is 3.24. The molecule has 2 aromatic carbocycles. The minimum atomic E-state index is -0.619. The largest absolute Gasteiger partial charge is 0.341 e. The number of carbonyl (C=O) groups is 1. The Morgan fingerprint density at radius 1 is 1.03 bits per heavy atom. The van der Waals surface area contributed by atoms with Crippen LogP contribution in [0.4, 0.5) is 0 Å². The summed E-state index contributed by atoms with van der Waals surface area (Å²) in [6.45, 7) is 4.61. The fourth-order valence-corrected chi connectivity index (χ4v) is 4.32. The van der Waals surface area contributed by atoms with Crippen LogP contribution in [0.1, 0.15) is 79.0 Å². The summed E-state index contributed by atoms with van der Waals surface area (Å²) >= 11 is 0. The Hall–Kier alpha value is -2.95. The Balaban J connectivity index is 1.49. The van der Waals surface area contributed by atoms with Crippen molar-refractivity contribution < 1.29 is 4.79 Å². The molecule has 0 radical (unpaired) electrons. The SMILES string of the molecule is CC(C)(NC(=O)c1ccccc1C1CCCCC1)c1cn(Cc2ccccc2)nn1. The van der Waals surface area contributed by atoms with E-state index in [9.17, 15) is 4.79 Å². The van der Waals surface area contributed by atoms with Crippen molar-refractivity contribution in [3.63, 3.8) is 0 Å². The molecule has 1 saturated carbocycles. The number of hydrogen-bond donors (Lipinski definition) is 1. The summed E-state index contributed by atoms with van der Waals surface area (Å²) in [5, 5.41) is 11.8. The summed E-state index contributed by atoms with van der Waals surface area (Å²) in [5.74, 6) is 0.439. The van der Waals surface area contributed by atoms with Gasteiger partial charge in [0.15, 0.2) is 0 Å². The molecule has 0 aliphatic heterocycles. The van der Waals surface area contributed by atoms with Crippen molar-refractivity contribution in [2.24, 2.45) is 0 Å². The van der Waals surface area contributed by atoms with E-state index < -0.39 is 5.54 Å². The molecule has 0 bridgehead atoms. The van der Waals surface area contributed by atoms with Gasteiger partial charge in [0, 0.05) is 5.56 Å². The zero-order chi connectivity index (χ0) is 21.0. The number of amides is 1. The highest BCUT2D eigenvalue weighted by Crippen LogP contribution is 2.34. The van der Waals surface area contributed by atoms with Gasteiger partial charge in [0.25, 0.3) is 5.91 Å². The van der Waals surface area contributed by atoms with Gasteiger partial charge in [-0.15, -0.1) is 5.10 Å². The van der Waals surface area contributed by atoms with Crippen LogP contribution in [-0.4, -0.2) is 20.9 Å². The van der Waals surface area contributed by atoms with Gasteiger partial charge in [-0.05, 0) is 49.8 Å². The smallest absolute Gasteiger partial charge is 0.252 e. The molecule has 5 nitrogen and oxygen atoms in total. The van der Waals surface area contributed by atoms with E-state index >= 15 is 0 Å². The van der Waals surface area contributed by atoms with Crippen LogP contribution in [0.2, 0.25) is 0 Å². The van der Waals surface area contributed by atoms with Crippen LogP contribution in [0, 0.1) is 0 Å². The second-order valence-electron chi connectivity index (χ2n) is 8.79. The number of rotatable bonds is 6. The fourth-order valence-electron chi connectivity index (χ4n) is 4.32. The standard InChI is InChI=1S/C25H30N4O/c1-25(2,23-18-29(28-27-23)17-19-11-5-3-6-12-19)26-24(30)22-16-10-9-15-21(22)20-13-7-4-8-14-20/h3,5-6,9-12,15-16,18,20H,4,7-8,13-14,17H2,1-2H3,(H,26,30). The van der Waals surface area contributed by atoms with Crippen LogP contribution in [0.5, 0.6) is 0 Å². The number of hydrogen-bond acceptors (Lipinski definition) is 3. The Bertz CT molecular complexity index is 987. The Morgan fingerprint density at radius 3 is 2.50 bits per heavy atom. The number of nitrogens with zero attached hydrogens (tertiary/aromatic N) is 3. The van der Waals surface area contributed by atoms with Gasteiger partial charge in [0.2, 0.25) is 0 Å². The summed E-state index contributed by atoms with van der Waals surface area (Å²) in [4.78, 5) is 13.2. The third kappa shape index (κ3) is 4.61. The van der Waals surface area contributed by atoms with Crippen molar-refractivity contribution in [2.75, 3.05) is 0 Å². The van der Waals surface area contributed by atoms with E-state index in [4.69, 9.17) is 0 Å². The molecule has 1 heterocycles. The normalized spacial score (nSPS) is 15.1. The van der Waals surface area contributed by atoms with Gasteiger partial charge in [-0.3, -0.25) is 4.79 Å². The van der Waals surface area contributed by atoms with E-state index in [1.807, 2.05) is 61.1 Å². The summed E-state index contributed by atoms with van der Waals surface area (Å²) in [5.41, 5.74) is 3.26. The van der Waals surface area contributed by atoms with Crippen molar-refractivity contribution in [3.8, 4) is 0 Å². The summed E-state index contributed by atoms with van der Waals surface area (Å²) in [7, 11) is 0. The molecule has 1 aliphatic carbocycles. The van der Waals surface area contributed by atoms with Gasteiger partial charge in [-0.1, -0.05) is 73.0 Å². The molecule has 0 spiro atoms. The second kappa shape index (κ2) is 8.82. The van der Waals surface area contributed by atoms with Gasteiger partial charge >= 0.3 is 0 Å². The lowest BCUT2D eigenvalue weighted by Gasteiger charge is -2.27. The Labute approximate surface area is 178 Å². The molecule has 3 aromatic rings. The number of nitrogens with one attached hydrogen (secondary N) is 1. The topological polar surface area (TPSA) is 59.8 Å². The van der Waals surface area contributed by atoms with E-state index in [1.54, 1.807) is 0 Å². The van der Waals surface area contributed by atoms with E-state index in [2.05, 4.69) is 33.8 Å². The Morgan fingerprint density at radius 2 is 1.73 bits per heavy atom. The molecule has 1 amide bonds. The first kappa shape index (κ1) is 20.3. The van der Waals surface area contributed by atoms with Gasteiger partial charge in [0.05, 0.1) is 18.3 Å². The zero-order valence-corrected chi connectivity index (χ0v) is 17.8. The van der Waals surface area contributed by atoms with E-state index in [-0.39, 0.29) is 5.91 Å². The molecule has 30 heavy (non-hydrogen) atoms. The maximum atomic E-state index is 13.2. The van der Waals surface area contributed by atoms with Gasteiger partial charge < -0.3 is 5.32 Å². The average molecular weight is 403 g/mol. The minimum absolute atomic E-state index is 0.0428. The number of aromatic nitrogens is 3. The lowest BCUT2D eigenvalue weighted by molar-refractivity contribution is 0.0908. The molecular formula is C25H30N4O. The quantitative estimate of drug-likeness (QED) is 0.628. The first-order chi connectivity index (χ1) is 14.5. The molecule has 5 heteroatoms.